The second kappa shape index (κ2) is 9.43. The summed E-state index contributed by atoms with van der Waals surface area (Å²) in [6, 6.07) is 14.7. The zero-order chi connectivity index (χ0) is 21.8. The van der Waals surface area contributed by atoms with Gasteiger partial charge in [0.15, 0.2) is 5.82 Å². The van der Waals surface area contributed by atoms with E-state index in [9.17, 15) is 4.39 Å². The zero-order valence-electron chi connectivity index (χ0n) is 18.3. The number of piperazine rings is 1. The molecule has 7 nitrogen and oxygen atoms in total. The normalized spacial score (nSPS) is 16.0. The predicted molar refractivity (Wildman–Crippen MR) is 118 cm³/mol. The van der Waals surface area contributed by atoms with Gasteiger partial charge in [0.05, 0.1) is 25.4 Å². The van der Waals surface area contributed by atoms with Crippen LogP contribution in [0.4, 0.5) is 10.1 Å². The lowest BCUT2D eigenvalue weighted by molar-refractivity contribution is 0.135. The maximum atomic E-state index is 13.3. The molecule has 1 fully saturated rings. The van der Waals surface area contributed by atoms with Crippen LogP contribution in [-0.2, 0) is 6.54 Å². The van der Waals surface area contributed by atoms with E-state index in [1.165, 1.54) is 12.1 Å². The first-order valence-corrected chi connectivity index (χ1v) is 10.7. The van der Waals surface area contributed by atoms with Crippen molar-refractivity contribution in [2.45, 2.75) is 26.4 Å². The number of rotatable bonds is 7. The first kappa shape index (κ1) is 21.2. The minimum Gasteiger partial charge on any atom is -0.495 e. The second-order valence-electron chi connectivity index (χ2n) is 8.20. The van der Waals surface area contributed by atoms with E-state index >= 15 is 0 Å². The van der Waals surface area contributed by atoms with E-state index in [1.807, 2.05) is 22.9 Å². The minimum absolute atomic E-state index is 0.107. The third-order valence-corrected chi connectivity index (χ3v) is 5.83. The Morgan fingerprint density at radius 3 is 2.39 bits per heavy atom. The van der Waals surface area contributed by atoms with Gasteiger partial charge in [-0.15, -0.1) is 5.10 Å². The quantitative estimate of drug-likeness (QED) is 0.580. The predicted octanol–water partition coefficient (Wildman–Crippen LogP) is 3.39. The van der Waals surface area contributed by atoms with Crippen molar-refractivity contribution in [3.63, 3.8) is 0 Å². The largest absolute Gasteiger partial charge is 0.495 e. The first-order chi connectivity index (χ1) is 15.1. The van der Waals surface area contributed by atoms with Gasteiger partial charge in [-0.3, -0.25) is 4.90 Å². The monoisotopic (exact) mass is 424 g/mol. The van der Waals surface area contributed by atoms with Gasteiger partial charge in [-0.05, 0) is 46.2 Å². The number of aromatic nitrogens is 4. The molecule has 0 radical (unpaired) electrons. The lowest BCUT2D eigenvalue weighted by atomic mass is 10.0. The number of halogens is 1. The van der Waals surface area contributed by atoms with E-state index in [0.29, 0.717) is 12.5 Å². The summed E-state index contributed by atoms with van der Waals surface area (Å²) in [4.78, 5) is 4.83. The molecule has 8 heteroatoms. The molecule has 1 aliphatic heterocycles. The highest BCUT2D eigenvalue weighted by atomic mass is 19.1. The van der Waals surface area contributed by atoms with Gasteiger partial charge in [-0.2, -0.15) is 0 Å². The number of benzene rings is 2. The Morgan fingerprint density at radius 2 is 1.71 bits per heavy atom. The number of anilines is 1. The van der Waals surface area contributed by atoms with Crippen LogP contribution in [0, 0.1) is 11.7 Å². The number of methoxy groups -OCH3 is 1. The topological polar surface area (TPSA) is 59.3 Å². The molecule has 0 aliphatic carbocycles. The van der Waals surface area contributed by atoms with Gasteiger partial charge in [0.2, 0.25) is 0 Å². The lowest BCUT2D eigenvalue weighted by Crippen LogP contribution is -2.49. The molecular formula is C23H29FN6O. The van der Waals surface area contributed by atoms with Crippen molar-refractivity contribution in [1.29, 1.82) is 0 Å². The standard InChI is InChI=1S/C23H29FN6O/c1-17(2)22(23-25-26-27-30(23)16-18-8-10-19(24)11-9-18)29-14-12-28(13-15-29)20-6-4-5-7-21(20)31-3/h4-11,17,22H,12-16H2,1-3H3/t22-/m0/s1. The highest BCUT2D eigenvalue weighted by molar-refractivity contribution is 5.58. The molecule has 0 bridgehead atoms. The summed E-state index contributed by atoms with van der Waals surface area (Å²) in [7, 11) is 1.71. The highest BCUT2D eigenvalue weighted by Gasteiger charge is 2.32. The molecule has 0 spiro atoms. The van der Waals surface area contributed by atoms with Crippen LogP contribution in [0.5, 0.6) is 5.75 Å². The minimum atomic E-state index is -0.242. The van der Waals surface area contributed by atoms with E-state index in [4.69, 9.17) is 4.74 Å². The molecule has 0 N–H and O–H groups in total. The molecule has 31 heavy (non-hydrogen) atoms. The lowest BCUT2D eigenvalue weighted by Gasteiger charge is -2.41. The van der Waals surface area contributed by atoms with E-state index in [1.54, 1.807) is 19.2 Å². The Bertz CT molecular complexity index is 982. The van der Waals surface area contributed by atoms with E-state index < -0.39 is 0 Å². The fourth-order valence-corrected chi connectivity index (χ4v) is 4.31. The molecule has 1 saturated heterocycles. The molecular weight excluding hydrogens is 395 g/mol. The maximum absolute atomic E-state index is 13.3. The van der Waals surface area contributed by atoms with Crippen LogP contribution in [-0.4, -0.2) is 58.4 Å². The number of nitrogens with zero attached hydrogens (tertiary/aromatic N) is 6. The Labute approximate surface area is 182 Å². The molecule has 4 rings (SSSR count). The van der Waals surface area contributed by atoms with Crippen molar-refractivity contribution in [2.24, 2.45) is 5.92 Å². The van der Waals surface area contributed by atoms with Crippen LogP contribution < -0.4 is 9.64 Å². The number of tetrazole rings is 1. The number of hydrogen-bond acceptors (Lipinski definition) is 6. The van der Waals surface area contributed by atoms with Crippen LogP contribution in [0.25, 0.3) is 0 Å². The van der Waals surface area contributed by atoms with Gasteiger partial charge in [0.25, 0.3) is 0 Å². The van der Waals surface area contributed by atoms with Crippen LogP contribution in [0.15, 0.2) is 48.5 Å². The Morgan fingerprint density at radius 1 is 1.00 bits per heavy atom. The Balaban J connectivity index is 1.49. The average Bonchev–Trinajstić information content (AvgIpc) is 3.23. The van der Waals surface area contributed by atoms with Crippen LogP contribution in [0.3, 0.4) is 0 Å². The van der Waals surface area contributed by atoms with Crippen molar-refractivity contribution >= 4 is 5.69 Å². The van der Waals surface area contributed by atoms with Gasteiger partial charge < -0.3 is 9.64 Å². The average molecular weight is 425 g/mol. The van der Waals surface area contributed by atoms with Crippen molar-refractivity contribution in [3.05, 3.63) is 65.7 Å². The molecule has 0 unspecified atom stereocenters. The maximum Gasteiger partial charge on any atom is 0.169 e. The molecule has 1 aromatic heterocycles. The fraction of sp³-hybridized carbons (Fsp3) is 0.435. The summed E-state index contributed by atoms with van der Waals surface area (Å²) >= 11 is 0. The van der Waals surface area contributed by atoms with Crippen LogP contribution in [0.2, 0.25) is 0 Å². The van der Waals surface area contributed by atoms with Crippen molar-refractivity contribution < 1.29 is 9.13 Å². The van der Waals surface area contributed by atoms with Gasteiger partial charge >= 0.3 is 0 Å². The third-order valence-electron chi connectivity index (χ3n) is 5.83. The smallest absolute Gasteiger partial charge is 0.169 e. The summed E-state index contributed by atoms with van der Waals surface area (Å²) in [5.74, 6) is 1.86. The Hall–Kier alpha value is -3.00. The number of hydrogen-bond donors (Lipinski definition) is 0. The molecule has 2 aromatic carbocycles. The molecule has 0 amide bonds. The highest BCUT2D eigenvalue weighted by Crippen LogP contribution is 2.32. The first-order valence-electron chi connectivity index (χ1n) is 10.7. The zero-order valence-corrected chi connectivity index (χ0v) is 18.3. The fourth-order valence-electron chi connectivity index (χ4n) is 4.31. The molecule has 3 aromatic rings. The van der Waals surface area contributed by atoms with E-state index in [0.717, 1.165) is 49.0 Å². The van der Waals surface area contributed by atoms with Crippen LogP contribution in [0.1, 0.15) is 31.3 Å². The van der Waals surface area contributed by atoms with Crippen molar-refractivity contribution in [2.75, 3.05) is 38.2 Å². The summed E-state index contributed by atoms with van der Waals surface area (Å²) in [5.41, 5.74) is 2.10. The molecule has 0 saturated carbocycles. The second-order valence-corrected chi connectivity index (χ2v) is 8.20. The molecule has 164 valence electrons. The van der Waals surface area contributed by atoms with Gasteiger partial charge in [-0.1, -0.05) is 38.1 Å². The molecule has 1 atom stereocenters. The van der Waals surface area contributed by atoms with E-state index in [-0.39, 0.29) is 11.9 Å². The van der Waals surface area contributed by atoms with Crippen molar-refractivity contribution in [1.82, 2.24) is 25.1 Å². The summed E-state index contributed by atoms with van der Waals surface area (Å²) in [6.07, 6.45) is 0. The molecule has 2 heterocycles. The van der Waals surface area contributed by atoms with Crippen molar-refractivity contribution in [3.8, 4) is 5.75 Å². The Kier molecular flexibility index (Phi) is 6.46. The summed E-state index contributed by atoms with van der Waals surface area (Å²) < 4.78 is 20.6. The SMILES string of the molecule is COc1ccccc1N1CCN([C@H](c2nnnn2Cc2ccc(F)cc2)C(C)C)CC1. The van der Waals surface area contributed by atoms with Gasteiger partial charge in [0, 0.05) is 26.2 Å². The van der Waals surface area contributed by atoms with Crippen LogP contribution >= 0.6 is 0 Å². The third kappa shape index (κ3) is 4.69. The van der Waals surface area contributed by atoms with Gasteiger partial charge in [0.1, 0.15) is 11.6 Å². The summed E-state index contributed by atoms with van der Waals surface area (Å²) in [5, 5.41) is 12.6. The van der Waals surface area contributed by atoms with E-state index in [2.05, 4.69) is 45.2 Å². The summed E-state index contributed by atoms with van der Waals surface area (Å²) in [6.45, 7) is 8.55. The van der Waals surface area contributed by atoms with Gasteiger partial charge in [-0.25, -0.2) is 9.07 Å². The number of ether oxygens (including phenoxy) is 1. The molecule has 1 aliphatic rings. The number of para-hydroxylation sites is 2.